The summed E-state index contributed by atoms with van der Waals surface area (Å²) in [5.74, 6) is -0.447. The van der Waals surface area contributed by atoms with E-state index < -0.39 is 5.82 Å². The molecule has 3 N–H and O–H groups in total. The van der Waals surface area contributed by atoms with Gasteiger partial charge in [-0.05, 0) is 30.5 Å². The van der Waals surface area contributed by atoms with E-state index in [-0.39, 0.29) is 30.3 Å². The first kappa shape index (κ1) is 17.2. The van der Waals surface area contributed by atoms with Crippen molar-refractivity contribution in [2.45, 2.75) is 31.5 Å². The van der Waals surface area contributed by atoms with Gasteiger partial charge in [-0.25, -0.2) is 4.39 Å². The summed E-state index contributed by atoms with van der Waals surface area (Å²) in [5, 5.41) is 9.42. The Hall–Kier alpha value is -0.880. The number of aromatic hydroxyl groups is 1. The van der Waals surface area contributed by atoms with E-state index in [4.69, 9.17) is 10.5 Å². The third-order valence-electron chi connectivity index (χ3n) is 3.72. The molecule has 114 valence electrons. The molecule has 20 heavy (non-hydrogen) atoms. The number of nitrogens with two attached hydrogens (primary N) is 1. The number of piperidine rings is 1. The number of hydrogen-bond donors (Lipinski definition) is 2. The predicted octanol–water partition coefficient (Wildman–Crippen LogP) is 1.89. The molecule has 1 aliphatic rings. The second-order valence-corrected chi connectivity index (χ2v) is 5.06. The summed E-state index contributed by atoms with van der Waals surface area (Å²) in [7, 11) is 1.72. The zero-order valence-electron chi connectivity index (χ0n) is 11.6. The lowest BCUT2D eigenvalue weighted by Gasteiger charge is -2.38. The fourth-order valence-corrected chi connectivity index (χ4v) is 2.69. The molecule has 1 fully saturated rings. The van der Waals surface area contributed by atoms with E-state index in [1.54, 1.807) is 13.2 Å². The van der Waals surface area contributed by atoms with E-state index in [9.17, 15) is 9.50 Å². The number of halogens is 2. The van der Waals surface area contributed by atoms with Gasteiger partial charge >= 0.3 is 0 Å². The molecule has 0 bridgehead atoms. The Labute approximate surface area is 125 Å². The van der Waals surface area contributed by atoms with E-state index in [1.165, 1.54) is 6.07 Å². The molecule has 1 saturated heterocycles. The third-order valence-corrected chi connectivity index (χ3v) is 3.72. The summed E-state index contributed by atoms with van der Waals surface area (Å²) in [6.07, 6.45) is 2.11. The molecule has 0 amide bonds. The van der Waals surface area contributed by atoms with Gasteiger partial charge in [0.05, 0.1) is 6.10 Å². The minimum absolute atomic E-state index is 0. The number of phenols is 1. The van der Waals surface area contributed by atoms with Crippen LogP contribution < -0.4 is 5.73 Å². The van der Waals surface area contributed by atoms with Gasteiger partial charge in [0.2, 0.25) is 0 Å². The molecule has 0 aromatic heterocycles. The zero-order valence-corrected chi connectivity index (χ0v) is 12.4. The molecule has 0 spiro atoms. The van der Waals surface area contributed by atoms with Gasteiger partial charge in [0, 0.05) is 38.9 Å². The standard InChI is InChI=1S/C14H21FN2O2.ClH/c1-19-14-2-3-17(12(7-14)8-16)9-10-4-11(15)6-13(18)5-10;/h4-6,12,14,18H,2-3,7-9,16H2,1H3;1H. The van der Waals surface area contributed by atoms with Crippen LogP contribution in [0.25, 0.3) is 0 Å². The maximum absolute atomic E-state index is 13.3. The molecule has 2 unspecified atom stereocenters. The monoisotopic (exact) mass is 304 g/mol. The lowest BCUT2D eigenvalue weighted by molar-refractivity contribution is 0.0102. The second kappa shape index (κ2) is 7.78. The van der Waals surface area contributed by atoms with Gasteiger partial charge in [-0.2, -0.15) is 0 Å². The summed E-state index contributed by atoms with van der Waals surface area (Å²) >= 11 is 0. The van der Waals surface area contributed by atoms with E-state index in [0.29, 0.717) is 13.1 Å². The molecule has 1 aliphatic heterocycles. The fourth-order valence-electron chi connectivity index (χ4n) is 2.69. The van der Waals surface area contributed by atoms with Gasteiger partial charge in [0.25, 0.3) is 0 Å². The van der Waals surface area contributed by atoms with Crippen LogP contribution in [-0.2, 0) is 11.3 Å². The van der Waals surface area contributed by atoms with Crippen molar-refractivity contribution in [3.63, 3.8) is 0 Å². The van der Waals surface area contributed by atoms with Crippen molar-refractivity contribution in [3.8, 4) is 5.75 Å². The molecule has 1 aromatic rings. The first-order chi connectivity index (χ1) is 9.12. The molecule has 1 aromatic carbocycles. The van der Waals surface area contributed by atoms with Crippen LogP contribution in [0, 0.1) is 5.82 Å². The Kier molecular flexibility index (Phi) is 6.68. The van der Waals surface area contributed by atoms with Crippen molar-refractivity contribution in [2.75, 3.05) is 20.2 Å². The van der Waals surface area contributed by atoms with Gasteiger partial charge in [-0.3, -0.25) is 4.90 Å². The fraction of sp³-hybridized carbons (Fsp3) is 0.571. The average molecular weight is 305 g/mol. The predicted molar refractivity (Wildman–Crippen MR) is 78.6 cm³/mol. The quantitative estimate of drug-likeness (QED) is 0.892. The Morgan fingerprint density at radius 1 is 1.45 bits per heavy atom. The Morgan fingerprint density at radius 3 is 2.80 bits per heavy atom. The van der Waals surface area contributed by atoms with Crippen LogP contribution in [0.15, 0.2) is 18.2 Å². The molecule has 2 atom stereocenters. The van der Waals surface area contributed by atoms with Crippen molar-refractivity contribution in [1.82, 2.24) is 4.90 Å². The molecule has 0 aliphatic carbocycles. The molecule has 1 heterocycles. The molecule has 0 radical (unpaired) electrons. The van der Waals surface area contributed by atoms with Gasteiger partial charge < -0.3 is 15.6 Å². The van der Waals surface area contributed by atoms with Crippen molar-refractivity contribution >= 4 is 12.4 Å². The topological polar surface area (TPSA) is 58.7 Å². The first-order valence-electron chi connectivity index (χ1n) is 6.57. The maximum atomic E-state index is 13.3. The number of nitrogens with zero attached hydrogens (tertiary/aromatic N) is 1. The highest BCUT2D eigenvalue weighted by Crippen LogP contribution is 2.23. The van der Waals surface area contributed by atoms with Crippen LogP contribution in [0.2, 0.25) is 0 Å². The van der Waals surface area contributed by atoms with Gasteiger partial charge in [0.15, 0.2) is 0 Å². The average Bonchev–Trinajstić information content (AvgIpc) is 2.38. The summed E-state index contributed by atoms with van der Waals surface area (Å²) in [6.45, 7) is 2.03. The van der Waals surface area contributed by atoms with E-state index >= 15 is 0 Å². The highest BCUT2D eigenvalue weighted by atomic mass is 35.5. The van der Waals surface area contributed by atoms with Crippen molar-refractivity contribution < 1.29 is 14.2 Å². The van der Waals surface area contributed by atoms with E-state index in [1.807, 2.05) is 0 Å². The summed E-state index contributed by atoms with van der Waals surface area (Å²) < 4.78 is 18.6. The number of likely N-dealkylation sites (tertiary alicyclic amines) is 1. The second-order valence-electron chi connectivity index (χ2n) is 5.06. The largest absolute Gasteiger partial charge is 0.508 e. The number of hydrogen-bond acceptors (Lipinski definition) is 4. The van der Waals surface area contributed by atoms with Gasteiger partial charge in [0.1, 0.15) is 11.6 Å². The normalized spacial score (nSPS) is 23.4. The van der Waals surface area contributed by atoms with Crippen LogP contribution in [0.4, 0.5) is 4.39 Å². The molecule has 6 heteroatoms. The zero-order chi connectivity index (χ0) is 13.8. The Bertz CT molecular complexity index is 413. The Balaban J connectivity index is 0.00000200. The molecule has 0 saturated carbocycles. The number of ether oxygens (including phenoxy) is 1. The number of phenolic OH excluding ortho intramolecular Hbond substituents is 1. The van der Waals surface area contributed by atoms with Crippen LogP contribution in [-0.4, -0.2) is 42.4 Å². The van der Waals surface area contributed by atoms with Crippen LogP contribution >= 0.6 is 12.4 Å². The highest BCUT2D eigenvalue weighted by molar-refractivity contribution is 5.85. The summed E-state index contributed by atoms with van der Waals surface area (Å²) in [5.41, 5.74) is 6.57. The lowest BCUT2D eigenvalue weighted by Crippen LogP contribution is -2.47. The smallest absolute Gasteiger partial charge is 0.127 e. The van der Waals surface area contributed by atoms with E-state index in [2.05, 4.69) is 4.90 Å². The highest BCUT2D eigenvalue weighted by Gasteiger charge is 2.27. The van der Waals surface area contributed by atoms with Crippen molar-refractivity contribution in [3.05, 3.63) is 29.6 Å². The third kappa shape index (κ3) is 4.31. The summed E-state index contributed by atoms with van der Waals surface area (Å²) in [6, 6.07) is 4.40. The van der Waals surface area contributed by atoms with Crippen molar-refractivity contribution in [2.24, 2.45) is 5.73 Å². The van der Waals surface area contributed by atoms with Crippen LogP contribution in [0.5, 0.6) is 5.75 Å². The SMILES string of the molecule is COC1CCN(Cc2cc(O)cc(F)c2)C(CN)C1.Cl. The van der Waals surface area contributed by atoms with Crippen LogP contribution in [0.1, 0.15) is 18.4 Å². The minimum atomic E-state index is -0.411. The number of methoxy groups -OCH3 is 1. The molecule has 2 rings (SSSR count). The maximum Gasteiger partial charge on any atom is 0.127 e. The van der Waals surface area contributed by atoms with E-state index in [0.717, 1.165) is 31.0 Å². The lowest BCUT2D eigenvalue weighted by atomic mass is 9.98. The minimum Gasteiger partial charge on any atom is -0.508 e. The number of rotatable bonds is 4. The molecule has 4 nitrogen and oxygen atoms in total. The molecular formula is C14H22ClFN2O2. The van der Waals surface area contributed by atoms with Crippen molar-refractivity contribution in [1.29, 1.82) is 0 Å². The van der Waals surface area contributed by atoms with Gasteiger partial charge in [-0.1, -0.05) is 0 Å². The Morgan fingerprint density at radius 2 is 2.20 bits per heavy atom. The first-order valence-corrected chi connectivity index (χ1v) is 6.57. The van der Waals surface area contributed by atoms with Gasteiger partial charge in [-0.15, -0.1) is 12.4 Å². The number of benzene rings is 1. The van der Waals surface area contributed by atoms with Crippen LogP contribution in [0.3, 0.4) is 0 Å². The molecular weight excluding hydrogens is 283 g/mol. The summed E-state index contributed by atoms with van der Waals surface area (Å²) in [4.78, 5) is 2.23.